The van der Waals surface area contributed by atoms with E-state index in [-0.39, 0.29) is 36.3 Å². The molecule has 0 saturated heterocycles. The van der Waals surface area contributed by atoms with Crippen LogP contribution in [0.1, 0.15) is 32.3 Å². The molecule has 2 N–H and O–H groups in total. The highest BCUT2D eigenvalue weighted by Crippen LogP contribution is 2.26. The second-order valence-corrected chi connectivity index (χ2v) is 6.31. The summed E-state index contributed by atoms with van der Waals surface area (Å²) in [6.07, 6.45) is 2.55. The van der Waals surface area contributed by atoms with Crippen molar-refractivity contribution in [3.8, 4) is 5.75 Å². The maximum atomic E-state index is 12.5. The molecule has 1 aliphatic carbocycles. The average molecular weight is 482 g/mol. The van der Waals surface area contributed by atoms with Crippen molar-refractivity contribution in [1.29, 1.82) is 0 Å². The number of rotatable bonds is 9. The third kappa shape index (κ3) is 7.61. The van der Waals surface area contributed by atoms with Gasteiger partial charge in [0.2, 0.25) is 0 Å². The molecule has 8 heteroatoms. The first kappa shape index (κ1) is 22.9. The van der Waals surface area contributed by atoms with Crippen molar-refractivity contribution in [2.75, 3.05) is 20.1 Å². The predicted molar refractivity (Wildman–Crippen MR) is 112 cm³/mol. The summed E-state index contributed by atoms with van der Waals surface area (Å²) in [6.45, 7) is 3.11. The van der Waals surface area contributed by atoms with E-state index in [1.165, 1.54) is 18.9 Å². The smallest absolute Gasteiger partial charge is 0.387 e. The average Bonchev–Trinajstić information content (AvgIpc) is 3.42. The molecule has 5 nitrogen and oxygen atoms in total. The van der Waals surface area contributed by atoms with Crippen LogP contribution in [-0.2, 0) is 6.54 Å². The summed E-state index contributed by atoms with van der Waals surface area (Å²) in [5.74, 6) is 0.837. The minimum atomic E-state index is -2.84. The van der Waals surface area contributed by atoms with Crippen LogP contribution in [0.15, 0.2) is 29.3 Å². The third-order valence-electron chi connectivity index (χ3n) is 4.32. The van der Waals surface area contributed by atoms with E-state index in [2.05, 4.69) is 39.2 Å². The number of benzene rings is 1. The molecule has 1 aromatic rings. The van der Waals surface area contributed by atoms with E-state index >= 15 is 0 Å². The van der Waals surface area contributed by atoms with E-state index in [4.69, 9.17) is 0 Å². The molecule has 0 aliphatic heterocycles. The maximum Gasteiger partial charge on any atom is 0.387 e. The first-order valence-electron chi connectivity index (χ1n) is 8.78. The highest BCUT2D eigenvalue weighted by molar-refractivity contribution is 14.0. The number of hydrogen-bond donors (Lipinski definition) is 2. The molecule has 1 saturated carbocycles. The van der Waals surface area contributed by atoms with Gasteiger partial charge < -0.3 is 15.4 Å². The molecule has 26 heavy (non-hydrogen) atoms. The van der Waals surface area contributed by atoms with Gasteiger partial charge in [-0.15, -0.1) is 24.0 Å². The molecule has 1 atom stereocenters. The summed E-state index contributed by atoms with van der Waals surface area (Å²) in [5, 5.41) is 6.51. The summed E-state index contributed by atoms with van der Waals surface area (Å²) in [4.78, 5) is 6.87. The topological polar surface area (TPSA) is 48.9 Å². The van der Waals surface area contributed by atoms with Crippen molar-refractivity contribution >= 4 is 29.9 Å². The van der Waals surface area contributed by atoms with Crippen molar-refractivity contribution < 1.29 is 13.5 Å². The van der Waals surface area contributed by atoms with Gasteiger partial charge in [0.25, 0.3) is 0 Å². The van der Waals surface area contributed by atoms with Gasteiger partial charge in [-0.2, -0.15) is 8.78 Å². The van der Waals surface area contributed by atoms with Crippen LogP contribution in [0, 0.1) is 0 Å². The van der Waals surface area contributed by atoms with Gasteiger partial charge in [-0.1, -0.05) is 18.2 Å². The summed E-state index contributed by atoms with van der Waals surface area (Å²) in [6, 6.07) is 7.83. The Morgan fingerprint density at radius 3 is 2.62 bits per heavy atom. The van der Waals surface area contributed by atoms with E-state index in [0.29, 0.717) is 23.6 Å². The van der Waals surface area contributed by atoms with Crippen molar-refractivity contribution in [2.24, 2.45) is 4.99 Å². The van der Waals surface area contributed by atoms with Gasteiger partial charge in [0.1, 0.15) is 5.75 Å². The minimum absolute atomic E-state index is 0. The molecule has 1 aliphatic rings. The van der Waals surface area contributed by atoms with Crippen LogP contribution in [0.5, 0.6) is 5.75 Å². The molecule has 2 rings (SSSR count). The van der Waals surface area contributed by atoms with Crippen LogP contribution >= 0.6 is 24.0 Å². The van der Waals surface area contributed by atoms with Crippen LogP contribution in [0.25, 0.3) is 0 Å². The number of alkyl halides is 2. The second-order valence-electron chi connectivity index (χ2n) is 6.31. The van der Waals surface area contributed by atoms with E-state index < -0.39 is 6.61 Å². The molecule has 0 heterocycles. The Morgan fingerprint density at radius 1 is 1.31 bits per heavy atom. The first-order chi connectivity index (χ1) is 12.0. The first-order valence-corrected chi connectivity index (χ1v) is 8.78. The third-order valence-corrected chi connectivity index (χ3v) is 4.32. The fourth-order valence-corrected chi connectivity index (χ4v) is 2.58. The number of guanidine groups is 1. The Hall–Kier alpha value is -1.16. The zero-order valence-electron chi connectivity index (χ0n) is 15.5. The summed E-state index contributed by atoms with van der Waals surface area (Å²) in [5.41, 5.74) is 0.628. The predicted octanol–water partition coefficient (Wildman–Crippen LogP) is 3.44. The van der Waals surface area contributed by atoms with Crippen LogP contribution in [0.3, 0.4) is 0 Å². The Balaban J connectivity index is 0.00000338. The summed E-state index contributed by atoms with van der Waals surface area (Å²) < 4.78 is 29.5. The van der Waals surface area contributed by atoms with E-state index in [1.54, 1.807) is 18.2 Å². The lowest BCUT2D eigenvalue weighted by Crippen LogP contribution is -2.45. The van der Waals surface area contributed by atoms with E-state index in [1.807, 2.05) is 6.92 Å². The Bertz CT molecular complexity index is 570. The lowest BCUT2D eigenvalue weighted by atomic mass is 10.2. The summed E-state index contributed by atoms with van der Waals surface area (Å²) >= 11 is 0. The number of para-hydroxylation sites is 1. The fourth-order valence-electron chi connectivity index (χ4n) is 2.58. The number of halogens is 3. The number of hydrogen-bond acceptors (Lipinski definition) is 3. The molecule has 0 radical (unpaired) electrons. The molecule has 0 aromatic heterocycles. The number of aliphatic imine (C=N–C) groups is 1. The SMILES string of the molecule is CCNC(=NCc1ccccc1OC(F)F)NCC(C)N(C)C1CC1.I. The molecule has 1 unspecified atom stereocenters. The summed E-state index contributed by atoms with van der Waals surface area (Å²) in [7, 11) is 2.14. The van der Waals surface area contributed by atoms with E-state index in [9.17, 15) is 8.78 Å². The van der Waals surface area contributed by atoms with Gasteiger partial charge in [0, 0.05) is 30.7 Å². The zero-order valence-corrected chi connectivity index (χ0v) is 17.9. The molecule has 148 valence electrons. The van der Waals surface area contributed by atoms with Crippen molar-refractivity contribution in [3.05, 3.63) is 29.8 Å². The highest BCUT2D eigenvalue weighted by Gasteiger charge is 2.28. The highest BCUT2D eigenvalue weighted by atomic mass is 127. The molecule has 0 amide bonds. The molecular formula is C18H29F2IN4O. The molecule has 1 fully saturated rings. The van der Waals surface area contributed by atoms with Crippen molar-refractivity contribution in [3.63, 3.8) is 0 Å². The van der Waals surface area contributed by atoms with Gasteiger partial charge in [-0.25, -0.2) is 4.99 Å². The van der Waals surface area contributed by atoms with Gasteiger partial charge in [0.15, 0.2) is 5.96 Å². The maximum absolute atomic E-state index is 12.5. The van der Waals surface area contributed by atoms with Crippen molar-refractivity contribution in [1.82, 2.24) is 15.5 Å². The number of nitrogens with zero attached hydrogens (tertiary/aromatic N) is 2. The van der Waals surface area contributed by atoms with Crippen LogP contribution in [0.2, 0.25) is 0 Å². The molecule has 0 bridgehead atoms. The van der Waals surface area contributed by atoms with Gasteiger partial charge in [-0.3, -0.25) is 4.90 Å². The quantitative estimate of drug-likeness (QED) is 0.322. The van der Waals surface area contributed by atoms with Gasteiger partial charge in [0.05, 0.1) is 6.54 Å². The molecule has 1 aromatic carbocycles. The molecule has 0 spiro atoms. The monoisotopic (exact) mass is 482 g/mol. The van der Waals surface area contributed by atoms with Crippen molar-refractivity contribution in [2.45, 2.75) is 51.9 Å². The lowest BCUT2D eigenvalue weighted by Gasteiger charge is -2.25. The standard InChI is InChI=1S/C18H28F2N4O.HI/c1-4-21-18(22-11-13(2)24(3)15-9-10-15)23-12-14-7-5-6-8-16(14)25-17(19)20;/h5-8,13,15,17H,4,9-12H2,1-3H3,(H2,21,22,23);1H. The van der Waals surface area contributed by atoms with Crippen LogP contribution in [-0.4, -0.2) is 49.7 Å². The minimum Gasteiger partial charge on any atom is -0.434 e. The Kier molecular flexibility index (Phi) is 10.1. The Morgan fingerprint density at radius 2 is 2.00 bits per heavy atom. The zero-order chi connectivity index (χ0) is 18.2. The van der Waals surface area contributed by atoms with Crippen LogP contribution < -0.4 is 15.4 Å². The van der Waals surface area contributed by atoms with Crippen LogP contribution in [0.4, 0.5) is 8.78 Å². The second kappa shape index (κ2) is 11.5. The lowest BCUT2D eigenvalue weighted by molar-refractivity contribution is -0.0504. The van der Waals surface area contributed by atoms with Gasteiger partial charge >= 0.3 is 6.61 Å². The fraction of sp³-hybridized carbons (Fsp3) is 0.611. The largest absolute Gasteiger partial charge is 0.434 e. The normalized spacial score (nSPS) is 15.6. The van der Waals surface area contributed by atoms with Gasteiger partial charge in [-0.05, 0) is 39.8 Å². The van der Waals surface area contributed by atoms with E-state index in [0.717, 1.165) is 13.1 Å². The number of nitrogens with one attached hydrogen (secondary N) is 2. The molecular weight excluding hydrogens is 453 g/mol. The number of ether oxygens (including phenoxy) is 1. The Labute approximate surface area is 171 Å². The number of likely N-dealkylation sites (N-methyl/N-ethyl adjacent to an activating group) is 1.